The van der Waals surface area contributed by atoms with Gasteiger partial charge in [-0.3, -0.25) is 4.90 Å². The summed E-state index contributed by atoms with van der Waals surface area (Å²) in [6.07, 6.45) is -3.53. The first-order valence-electron chi connectivity index (χ1n) is 15.7. The number of nitrogens with two attached hydrogens (primary N) is 1. The van der Waals surface area contributed by atoms with Crippen molar-refractivity contribution in [2.45, 2.75) is 34.7 Å². The Balaban J connectivity index is 0.984. The number of anilines is 2. The van der Waals surface area contributed by atoms with E-state index in [4.69, 9.17) is 22.7 Å². The number of rotatable bonds is 10. The lowest BCUT2D eigenvalue weighted by Gasteiger charge is -2.36. The Kier molecular flexibility index (Phi) is 9.91. The number of ether oxygens (including phenoxy) is 1. The molecule has 10 heteroatoms. The van der Waals surface area contributed by atoms with Crippen LogP contribution < -0.4 is 10.6 Å². The molecule has 0 amide bonds. The van der Waals surface area contributed by atoms with E-state index in [1.807, 2.05) is 43.3 Å². The maximum atomic E-state index is 13.6. The van der Waals surface area contributed by atoms with Crippen LogP contribution in [0.3, 0.4) is 0 Å². The van der Waals surface area contributed by atoms with Crippen LogP contribution in [0.1, 0.15) is 24.5 Å². The SMILES string of the molecule is CC(CN)(C(=S)OCCN1CCN(CCCN2c3ccccc3Sc3ccc(C(F)(F)F)cc32)CC1)c1ccc2ccccc2c1. The van der Waals surface area contributed by atoms with Gasteiger partial charge in [-0.1, -0.05) is 66.4 Å². The smallest absolute Gasteiger partial charge is 0.416 e. The van der Waals surface area contributed by atoms with Crippen LogP contribution in [-0.2, 0) is 16.3 Å². The summed E-state index contributed by atoms with van der Waals surface area (Å²) in [6.45, 7) is 8.95. The highest BCUT2D eigenvalue weighted by Gasteiger charge is 2.34. The van der Waals surface area contributed by atoms with Crippen LogP contribution in [0, 0.1) is 0 Å². The van der Waals surface area contributed by atoms with Crippen molar-refractivity contribution in [3.63, 3.8) is 0 Å². The van der Waals surface area contributed by atoms with Crippen molar-refractivity contribution in [2.24, 2.45) is 5.73 Å². The number of benzene rings is 4. The lowest BCUT2D eigenvalue weighted by Crippen LogP contribution is -2.48. The van der Waals surface area contributed by atoms with Crippen molar-refractivity contribution in [1.82, 2.24) is 9.80 Å². The van der Waals surface area contributed by atoms with Gasteiger partial charge in [0.25, 0.3) is 0 Å². The zero-order valence-electron chi connectivity index (χ0n) is 25.9. The molecule has 0 radical (unpaired) electrons. The summed E-state index contributed by atoms with van der Waals surface area (Å²) in [5.74, 6) is 0. The maximum Gasteiger partial charge on any atom is 0.416 e. The molecule has 46 heavy (non-hydrogen) atoms. The van der Waals surface area contributed by atoms with Gasteiger partial charge in [-0.2, -0.15) is 13.2 Å². The Morgan fingerprint density at radius 1 is 0.783 bits per heavy atom. The van der Waals surface area contributed by atoms with Crippen LogP contribution in [0.2, 0.25) is 0 Å². The Labute approximate surface area is 278 Å². The number of alkyl halides is 3. The molecule has 2 aliphatic rings. The average Bonchev–Trinajstić information content (AvgIpc) is 3.07. The van der Waals surface area contributed by atoms with Crippen LogP contribution in [0.4, 0.5) is 24.5 Å². The predicted molar refractivity (Wildman–Crippen MR) is 185 cm³/mol. The number of piperazine rings is 1. The van der Waals surface area contributed by atoms with Crippen LogP contribution in [0.25, 0.3) is 10.8 Å². The third-order valence-electron chi connectivity index (χ3n) is 9.16. The van der Waals surface area contributed by atoms with Gasteiger partial charge in [0.05, 0.1) is 22.4 Å². The Bertz CT molecular complexity index is 1690. The molecule has 0 saturated carbocycles. The average molecular weight is 665 g/mol. The second-order valence-electron chi connectivity index (χ2n) is 12.2. The number of hydrogen-bond acceptors (Lipinski definition) is 7. The monoisotopic (exact) mass is 664 g/mol. The van der Waals surface area contributed by atoms with E-state index in [1.54, 1.807) is 6.07 Å². The second kappa shape index (κ2) is 13.9. The molecule has 0 aliphatic carbocycles. The number of hydrogen-bond donors (Lipinski definition) is 1. The van der Waals surface area contributed by atoms with E-state index in [0.717, 1.165) is 72.1 Å². The predicted octanol–water partition coefficient (Wildman–Crippen LogP) is 7.73. The molecule has 4 aromatic carbocycles. The van der Waals surface area contributed by atoms with Gasteiger partial charge in [-0.05, 0) is 78.8 Å². The summed E-state index contributed by atoms with van der Waals surface area (Å²) >= 11 is 7.29. The van der Waals surface area contributed by atoms with Gasteiger partial charge in [-0.25, -0.2) is 0 Å². The van der Waals surface area contributed by atoms with Gasteiger partial charge in [0.15, 0.2) is 5.05 Å². The molecule has 0 aromatic heterocycles. The molecule has 242 valence electrons. The standard InChI is InChI=1S/C36H39F3N4OS2/c1-35(25-40,28-12-11-26-7-2-3-8-27(26)23-28)34(45)44-22-21-42-19-17-41(18-20-42)15-6-16-43-30-9-4-5-10-32(30)46-33-14-13-29(24-31(33)43)36(37,38)39/h2-5,7-14,23-24H,6,15-22,25,40H2,1H3. The zero-order chi connectivity index (χ0) is 32.3. The molecule has 6 rings (SSSR count). The minimum absolute atomic E-state index is 0.361. The molecule has 0 spiro atoms. The highest BCUT2D eigenvalue weighted by Crippen LogP contribution is 2.49. The molecule has 1 atom stereocenters. The van der Waals surface area contributed by atoms with Crippen LogP contribution >= 0.6 is 24.0 Å². The zero-order valence-corrected chi connectivity index (χ0v) is 27.6. The first kappa shape index (κ1) is 32.8. The summed E-state index contributed by atoms with van der Waals surface area (Å²) < 4.78 is 46.8. The minimum Gasteiger partial charge on any atom is -0.485 e. The van der Waals surface area contributed by atoms with Crippen molar-refractivity contribution in [3.8, 4) is 0 Å². The van der Waals surface area contributed by atoms with Crippen molar-refractivity contribution < 1.29 is 17.9 Å². The van der Waals surface area contributed by atoms with Gasteiger partial charge in [-0.15, -0.1) is 0 Å². The van der Waals surface area contributed by atoms with Gasteiger partial charge >= 0.3 is 6.18 Å². The quantitative estimate of drug-likeness (QED) is 0.174. The van der Waals surface area contributed by atoms with Crippen molar-refractivity contribution in [3.05, 3.63) is 96.1 Å². The highest BCUT2D eigenvalue weighted by molar-refractivity contribution is 7.99. The second-order valence-corrected chi connectivity index (χ2v) is 13.6. The normalized spacial score (nSPS) is 16.9. The van der Waals surface area contributed by atoms with E-state index in [0.29, 0.717) is 30.4 Å². The van der Waals surface area contributed by atoms with Crippen molar-refractivity contribution >= 4 is 51.2 Å². The van der Waals surface area contributed by atoms with E-state index in [1.165, 1.54) is 29.3 Å². The number of para-hydroxylation sites is 1. The molecule has 1 saturated heterocycles. The summed E-state index contributed by atoms with van der Waals surface area (Å²) in [4.78, 5) is 8.80. The Morgan fingerprint density at radius 3 is 2.17 bits per heavy atom. The lowest BCUT2D eigenvalue weighted by molar-refractivity contribution is -0.137. The summed E-state index contributed by atoms with van der Waals surface area (Å²) in [5, 5.41) is 2.85. The Hall–Kier alpha value is -3.15. The molecule has 2 aliphatic heterocycles. The van der Waals surface area contributed by atoms with Crippen LogP contribution in [0.15, 0.2) is 94.7 Å². The molecule has 4 aromatic rings. The molecule has 2 heterocycles. The molecule has 1 unspecified atom stereocenters. The van der Waals surface area contributed by atoms with E-state index in [-0.39, 0.29) is 0 Å². The minimum atomic E-state index is -4.38. The van der Waals surface area contributed by atoms with Gasteiger partial charge in [0, 0.05) is 55.6 Å². The Morgan fingerprint density at radius 2 is 1.43 bits per heavy atom. The molecule has 5 nitrogen and oxygen atoms in total. The molecular formula is C36H39F3N4OS2. The number of thiocarbonyl (C=S) groups is 1. The number of halogens is 3. The van der Waals surface area contributed by atoms with Gasteiger partial charge < -0.3 is 20.3 Å². The van der Waals surface area contributed by atoms with Gasteiger partial charge in [0.2, 0.25) is 0 Å². The third-order valence-corrected chi connectivity index (χ3v) is 10.9. The molecular weight excluding hydrogens is 626 g/mol. The van der Waals surface area contributed by atoms with Gasteiger partial charge in [0.1, 0.15) is 6.61 Å². The molecule has 2 N–H and O–H groups in total. The van der Waals surface area contributed by atoms with E-state index in [9.17, 15) is 13.2 Å². The topological polar surface area (TPSA) is 45.0 Å². The highest BCUT2D eigenvalue weighted by atomic mass is 32.2. The van der Waals surface area contributed by atoms with Crippen LogP contribution in [0.5, 0.6) is 0 Å². The number of nitrogens with zero attached hydrogens (tertiary/aromatic N) is 3. The van der Waals surface area contributed by atoms with Crippen LogP contribution in [-0.4, -0.2) is 73.8 Å². The summed E-state index contributed by atoms with van der Waals surface area (Å²) in [5.41, 5.74) is 7.73. The fourth-order valence-corrected chi connectivity index (χ4v) is 7.57. The van der Waals surface area contributed by atoms with E-state index in [2.05, 4.69) is 45.0 Å². The van der Waals surface area contributed by atoms with E-state index < -0.39 is 17.2 Å². The largest absolute Gasteiger partial charge is 0.485 e. The first-order chi connectivity index (χ1) is 22.2. The third kappa shape index (κ3) is 7.06. The fourth-order valence-electron chi connectivity index (χ4n) is 6.21. The van der Waals surface area contributed by atoms with Crippen molar-refractivity contribution in [1.29, 1.82) is 0 Å². The first-order valence-corrected chi connectivity index (χ1v) is 17.0. The van der Waals surface area contributed by atoms with Crippen molar-refractivity contribution in [2.75, 3.05) is 63.9 Å². The van der Waals surface area contributed by atoms with E-state index >= 15 is 0 Å². The molecule has 1 fully saturated rings. The summed E-state index contributed by atoms with van der Waals surface area (Å²) in [7, 11) is 0. The fraction of sp³-hybridized carbons (Fsp3) is 0.361. The summed E-state index contributed by atoms with van der Waals surface area (Å²) in [6, 6.07) is 26.6. The number of fused-ring (bicyclic) bond motifs is 3. The molecule has 0 bridgehead atoms. The maximum absolute atomic E-state index is 13.6. The lowest BCUT2D eigenvalue weighted by atomic mass is 9.82.